The smallest absolute Gasteiger partial charge is 0.243 e. The third-order valence-electron chi connectivity index (χ3n) is 2.62. The molecule has 0 fully saturated rings. The van der Waals surface area contributed by atoms with Crippen LogP contribution in [0.1, 0.15) is 31.7 Å². The minimum absolute atomic E-state index is 0.0247. The summed E-state index contributed by atoms with van der Waals surface area (Å²) in [7, 11) is 0. The molecule has 0 aliphatic heterocycles. The molecule has 0 aromatic heterocycles. The van der Waals surface area contributed by atoms with Gasteiger partial charge in [-0.05, 0) is 25.0 Å². The fourth-order valence-electron chi connectivity index (χ4n) is 1.51. The normalized spacial score (nSPS) is 9.89. The Morgan fingerprint density at radius 2 is 1.89 bits per heavy atom. The Hall–Kier alpha value is -1.84. The SMILES string of the molecule is CCCCC(=O)NCC(=O)Nc1ccccc1C. The van der Waals surface area contributed by atoms with Gasteiger partial charge in [-0.1, -0.05) is 31.5 Å². The number of carbonyl (C=O) groups excluding carboxylic acids is 2. The number of hydrogen-bond donors (Lipinski definition) is 2. The molecule has 1 aromatic rings. The Kier molecular flexibility index (Phi) is 5.91. The number of rotatable bonds is 6. The summed E-state index contributed by atoms with van der Waals surface area (Å²) in [6.07, 6.45) is 2.31. The quantitative estimate of drug-likeness (QED) is 0.811. The van der Waals surface area contributed by atoms with Crippen LogP contribution in [-0.2, 0) is 9.59 Å². The molecule has 4 heteroatoms. The van der Waals surface area contributed by atoms with E-state index in [1.165, 1.54) is 0 Å². The number of anilines is 1. The van der Waals surface area contributed by atoms with E-state index in [4.69, 9.17) is 0 Å². The second-order valence-corrected chi connectivity index (χ2v) is 4.24. The van der Waals surface area contributed by atoms with Gasteiger partial charge in [0.15, 0.2) is 0 Å². The highest BCUT2D eigenvalue weighted by atomic mass is 16.2. The minimum atomic E-state index is -0.200. The fraction of sp³-hybridized carbons (Fsp3) is 0.429. The van der Waals surface area contributed by atoms with E-state index in [-0.39, 0.29) is 18.4 Å². The van der Waals surface area contributed by atoms with Gasteiger partial charge in [0.25, 0.3) is 0 Å². The lowest BCUT2D eigenvalue weighted by Crippen LogP contribution is -2.32. The molecule has 1 aromatic carbocycles. The van der Waals surface area contributed by atoms with E-state index in [0.717, 1.165) is 24.1 Å². The summed E-state index contributed by atoms with van der Waals surface area (Å²) in [6.45, 7) is 3.98. The third-order valence-corrected chi connectivity index (χ3v) is 2.62. The molecule has 1 rings (SSSR count). The van der Waals surface area contributed by atoms with E-state index in [9.17, 15) is 9.59 Å². The average Bonchev–Trinajstić information content (AvgIpc) is 2.36. The van der Waals surface area contributed by atoms with E-state index in [1.807, 2.05) is 38.1 Å². The minimum Gasteiger partial charge on any atom is -0.347 e. The number of para-hydroxylation sites is 1. The first-order valence-electron chi connectivity index (χ1n) is 6.25. The highest BCUT2D eigenvalue weighted by Gasteiger charge is 2.06. The van der Waals surface area contributed by atoms with E-state index in [0.29, 0.717) is 6.42 Å². The van der Waals surface area contributed by atoms with Crippen LogP contribution >= 0.6 is 0 Å². The first kappa shape index (κ1) is 14.2. The lowest BCUT2D eigenvalue weighted by atomic mass is 10.2. The fourth-order valence-corrected chi connectivity index (χ4v) is 1.51. The van der Waals surface area contributed by atoms with Gasteiger partial charge in [0, 0.05) is 12.1 Å². The zero-order chi connectivity index (χ0) is 13.4. The molecule has 0 bridgehead atoms. The van der Waals surface area contributed by atoms with Crippen LogP contribution in [0.2, 0.25) is 0 Å². The first-order valence-corrected chi connectivity index (χ1v) is 6.25. The standard InChI is InChI=1S/C14H20N2O2/c1-3-4-9-13(17)15-10-14(18)16-12-8-6-5-7-11(12)2/h5-8H,3-4,9-10H2,1-2H3,(H,15,17)(H,16,18). The van der Waals surface area contributed by atoms with E-state index in [1.54, 1.807) is 0 Å². The van der Waals surface area contributed by atoms with Gasteiger partial charge in [0.05, 0.1) is 6.54 Å². The Bertz CT molecular complexity index is 416. The van der Waals surface area contributed by atoms with Gasteiger partial charge in [0.1, 0.15) is 0 Å². The largest absolute Gasteiger partial charge is 0.347 e. The molecule has 2 amide bonds. The lowest BCUT2D eigenvalue weighted by Gasteiger charge is -2.08. The molecule has 2 N–H and O–H groups in total. The zero-order valence-electron chi connectivity index (χ0n) is 11.0. The summed E-state index contributed by atoms with van der Waals surface area (Å²) >= 11 is 0. The highest BCUT2D eigenvalue weighted by molar-refractivity contribution is 5.95. The third kappa shape index (κ3) is 4.99. The molecule has 98 valence electrons. The van der Waals surface area contributed by atoms with Crippen molar-refractivity contribution in [1.29, 1.82) is 0 Å². The zero-order valence-corrected chi connectivity index (χ0v) is 11.0. The van der Waals surface area contributed by atoms with Gasteiger partial charge in [-0.15, -0.1) is 0 Å². The van der Waals surface area contributed by atoms with Crippen molar-refractivity contribution < 1.29 is 9.59 Å². The summed E-state index contributed by atoms with van der Waals surface area (Å²) in [4.78, 5) is 23.0. The van der Waals surface area contributed by atoms with Crippen LogP contribution in [0.5, 0.6) is 0 Å². The van der Waals surface area contributed by atoms with Crippen molar-refractivity contribution in [2.24, 2.45) is 0 Å². The average molecular weight is 248 g/mol. The van der Waals surface area contributed by atoms with Crippen molar-refractivity contribution in [3.63, 3.8) is 0 Å². The number of carbonyl (C=O) groups is 2. The molecule has 0 aliphatic carbocycles. The Morgan fingerprint density at radius 1 is 1.17 bits per heavy atom. The molecule has 18 heavy (non-hydrogen) atoms. The summed E-state index contributed by atoms with van der Waals surface area (Å²) in [5.41, 5.74) is 1.79. The summed E-state index contributed by atoms with van der Waals surface area (Å²) in [5, 5.41) is 5.37. The number of amides is 2. The van der Waals surface area contributed by atoms with Crippen molar-refractivity contribution >= 4 is 17.5 Å². The van der Waals surface area contributed by atoms with Gasteiger partial charge >= 0.3 is 0 Å². The van der Waals surface area contributed by atoms with Crippen LogP contribution in [-0.4, -0.2) is 18.4 Å². The monoisotopic (exact) mass is 248 g/mol. The summed E-state index contributed by atoms with van der Waals surface area (Å²) < 4.78 is 0. The number of aryl methyl sites for hydroxylation is 1. The molecule has 0 unspecified atom stereocenters. The maximum atomic E-state index is 11.6. The van der Waals surface area contributed by atoms with Crippen LogP contribution in [0.3, 0.4) is 0 Å². The van der Waals surface area contributed by atoms with Crippen molar-refractivity contribution in [3.8, 4) is 0 Å². The highest BCUT2D eigenvalue weighted by Crippen LogP contribution is 2.12. The molecule has 0 heterocycles. The van der Waals surface area contributed by atoms with Crippen molar-refractivity contribution in [2.45, 2.75) is 33.1 Å². The van der Waals surface area contributed by atoms with Gasteiger partial charge in [0.2, 0.25) is 11.8 Å². The van der Waals surface area contributed by atoms with Crippen LogP contribution < -0.4 is 10.6 Å². The molecular formula is C14H20N2O2. The van der Waals surface area contributed by atoms with Crippen molar-refractivity contribution in [1.82, 2.24) is 5.32 Å². The molecule has 0 saturated carbocycles. The number of unbranched alkanes of at least 4 members (excludes halogenated alkanes) is 1. The topological polar surface area (TPSA) is 58.2 Å². The Balaban J connectivity index is 2.34. The maximum absolute atomic E-state index is 11.6. The summed E-state index contributed by atoms with van der Waals surface area (Å²) in [6, 6.07) is 7.54. The lowest BCUT2D eigenvalue weighted by molar-refractivity contribution is -0.124. The molecule has 0 radical (unpaired) electrons. The Morgan fingerprint density at radius 3 is 2.56 bits per heavy atom. The van der Waals surface area contributed by atoms with Gasteiger partial charge in [-0.3, -0.25) is 9.59 Å². The van der Waals surface area contributed by atoms with Crippen molar-refractivity contribution in [3.05, 3.63) is 29.8 Å². The predicted molar refractivity (Wildman–Crippen MR) is 72.3 cm³/mol. The van der Waals surface area contributed by atoms with E-state index in [2.05, 4.69) is 10.6 Å². The molecule has 0 aliphatic rings. The van der Waals surface area contributed by atoms with Gasteiger partial charge < -0.3 is 10.6 Å². The van der Waals surface area contributed by atoms with Crippen molar-refractivity contribution in [2.75, 3.05) is 11.9 Å². The van der Waals surface area contributed by atoms with E-state index >= 15 is 0 Å². The number of benzene rings is 1. The molecule has 4 nitrogen and oxygen atoms in total. The maximum Gasteiger partial charge on any atom is 0.243 e. The van der Waals surface area contributed by atoms with Crippen LogP contribution in [0.25, 0.3) is 0 Å². The molecule has 0 atom stereocenters. The van der Waals surface area contributed by atoms with Crippen LogP contribution in [0.15, 0.2) is 24.3 Å². The Labute approximate surface area is 108 Å². The number of nitrogens with one attached hydrogen (secondary N) is 2. The second kappa shape index (κ2) is 7.48. The van der Waals surface area contributed by atoms with Gasteiger partial charge in [-0.25, -0.2) is 0 Å². The summed E-state index contributed by atoms with van der Waals surface area (Å²) in [5.74, 6) is -0.272. The number of hydrogen-bond acceptors (Lipinski definition) is 2. The molecule has 0 saturated heterocycles. The first-order chi connectivity index (χ1) is 8.63. The van der Waals surface area contributed by atoms with Crippen LogP contribution in [0.4, 0.5) is 5.69 Å². The van der Waals surface area contributed by atoms with Crippen LogP contribution in [0, 0.1) is 6.92 Å². The molecular weight excluding hydrogens is 228 g/mol. The predicted octanol–water partition coefficient (Wildman–Crippen LogP) is 2.24. The second-order valence-electron chi connectivity index (χ2n) is 4.24. The molecule has 0 spiro atoms. The van der Waals surface area contributed by atoms with Gasteiger partial charge in [-0.2, -0.15) is 0 Å². The van der Waals surface area contributed by atoms with E-state index < -0.39 is 0 Å².